The number of benzene rings is 2. The van der Waals surface area contributed by atoms with E-state index in [2.05, 4.69) is 33.8 Å². The summed E-state index contributed by atoms with van der Waals surface area (Å²) in [7, 11) is 3.68. The highest BCUT2D eigenvalue weighted by atomic mass is 32.2. The Morgan fingerprint density at radius 3 is 2.69 bits per heavy atom. The van der Waals surface area contributed by atoms with Crippen LogP contribution < -0.4 is 10.6 Å². The van der Waals surface area contributed by atoms with E-state index in [4.69, 9.17) is 0 Å². The molecule has 0 saturated carbocycles. The minimum Gasteiger partial charge on any atom is -0.351 e. The van der Waals surface area contributed by atoms with Crippen molar-refractivity contribution in [2.45, 2.75) is 25.0 Å². The Hall–Kier alpha value is -3.17. The van der Waals surface area contributed by atoms with Crippen LogP contribution in [0.15, 0.2) is 60.0 Å². The van der Waals surface area contributed by atoms with Crippen molar-refractivity contribution < 1.29 is 9.59 Å². The van der Waals surface area contributed by atoms with Crippen LogP contribution in [0.3, 0.4) is 0 Å². The van der Waals surface area contributed by atoms with Crippen molar-refractivity contribution in [3.8, 4) is 5.69 Å². The standard InChI is InChI=1S/C23H28N6O2S/c1-4-18-9-5-6-11-20(18)29-16-25-27-23(29)32-15-22(31)24-13-17-8-7-10-19(12-17)26-21(30)14-28(2)3/h5-12,16H,4,13-15H2,1-3H3,(H,24,31)(H,26,30). The van der Waals surface area contributed by atoms with E-state index in [1.54, 1.807) is 11.2 Å². The fourth-order valence-corrected chi connectivity index (χ4v) is 3.91. The normalized spacial score (nSPS) is 10.9. The topological polar surface area (TPSA) is 92.1 Å². The van der Waals surface area contributed by atoms with Crippen molar-refractivity contribution in [3.05, 3.63) is 66.0 Å². The zero-order chi connectivity index (χ0) is 22.9. The number of thioether (sulfide) groups is 1. The van der Waals surface area contributed by atoms with E-state index >= 15 is 0 Å². The number of rotatable bonds is 10. The van der Waals surface area contributed by atoms with Crippen LogP contribution in [0, 0.1) is 0 Å². The molecule has 0 spiro atoms. The zero-order valence-electron chi connectivity index (χ0n) is 18.5. The molecular formula is C23H28N6O2S. The third kappa shape index (κ3) is 6.66. The lowest BCUT2D eigenvalue weighted by atomic mass is 10.1. The van der Waals surface area contributed by atoms with Crippen molar-refractivity contribution in [2.75, 3.05) is 31.7 Å². The third-order valence-corrected chi connectivity index (χ3v) is 5.58. The fourth-order valence-electron chi connectivity index (χ4n) is 3.16. The highest BCUT2D eigenvalue weighted by Crippen LogP contribution is 2.22. The Morgan fingerprint density at radius 1 is 1.09 bits per heavy atom. The summed E-state index contributed by atoms with van der Waals surface area (Å²) in [6, 6.07) is 15.5. The molecule has 8 nitrogen and oxygen atoms in total. The highest BCUT2D eigenvalue weighted by Gasteiger charge is 2.12. The molecule has 0 aliphatic rings. The lowest BCUT2D eigenvalue weighted by Gasteiger charge is -2.12. The van der Waals surface area contributed by atoms with Crippen LogP contribution in [0.4, 0.5) is 5.69 Å². The first-order chi connectivity index (χ1) is 15.5. The van der Waals surface area contributed by atoms with Gasteiger partial charge in [-0.15, -0.1) is 10.2 Å². The van der Waals surface area contributed by atoms with Crippen LogP contribution >= 0.6 is 11.8 Å². The first-order valence-electron chi connectivity index (χ1n) is 10.4. The van der Waals surface area contributed by atoms with Crippen LogP contribution in [0.25, 0.3) is 5.69 Å². The van der Waals surface area contributed by atoms with Gasteiger partial charge in [0.2, 0.25) is 11.8 Å². The van der Waals surface area contributed by atoms with Gasteiger partial charge in [-0.05, 0) is 49.8 Å². The van der Waals surface area contributed by atoms with Gasteiger partial charge in [-0.2, -0.15) is 0 Å². The van der Waals surface area contributed by atoms with E-state index in [9.17, 15) is 9.59 Å². The van der Waals surface area contributed by atoms with E-state index in [0.29, 0.717) is 23.9 Å². The number of hydrogen-bond donors (Lipinski definition) is 2. The molecule has 0 aliphatic carbocycles. The third-order valence-electron chi connectivity index (χ3n) is 4.64. The molecule has 0 atom stereocenters. The number of anilines is 1. The Kier molecular flexibility index (Phi) is 8.41. The molecule has 1 aromatic heterocycles. The average Bonchev–Trinajstić information content (AvgIpc) is 3.24. The molecule has 0 radical (unpaired) electrons. The SMILES string of the molecule is CCc1ccccc1-n1cnnc1SCC(=O)NCc1cccc(NC(=O)CN(C)C)c1. The quantitative estimate of drug-likeness (QED) is 0.460. The molecule has 3 rings (SSSR count). The van der Waals surface area contributed by atoms with Gasteiger partial charge in [-0.3, -0.25) is 14.2 Å². The van der Waals surface area contributed by atoms with E-state index in [1.807, 2.05) is 61.1 Å². The summed E-state index contributed by atoms with van der Waals surface area (Å²) in [6.07, 6.45) is 2.57. The lowest BCUT2D eigenvalue weighted by molar-refractivity contribution is -0.119. The number of aromatic nitrogens is 3. The molecule has 168 valence electrons. The number of aryl methyl sites for hydroxylation is 1. The maximum absolute atomic E-state index is 12.4. The number of carbonyl (C=O) groups is 2. The molecule has 0 fully saturated rings. The number of para-hydroxylation sites is 1. The van der Waals surface area contributed by atoms with Gasteiger partial charge in [0.15, 0.2) is 5.16 Å². The largest absolute Gasteiger partial charge is 0.351 e. The molecule has 2 aromatic carbocycles. The lowest BCUT2D eigenvalue weighted by Crippen LogP contribution is -2.27. The van der Waals surface area contributed by atoms with E-state index in [1.165, 1.54) is 17.3 Å². The summed E-state index contributed by atoms with van der Waals surface area (Å²) in [5.74, 6) is 0.0448. The number of nitrogens with zero attached hydrogens (tertiary/aromatic N) is 4. The molecule has 0 unspecified atom stereocenters. The second-order valence-electron chi connectivity index (χ2n) is 7.52. The maximum Gasteiger partial charge on any atom is 0.238 e. The van der Waals surface area contributed by atoms with E-state index < -0.39 is 0 Å². The predicted molar refractivity (Wildman–Crippen MR) is 127 cm³/mol. The molecule has 9 heteroatoms. The fraction of sp³-hybridized carbons (Fsp3) is 0.304. The Balaban J connectivity index is 1.53. The van der Waals surface area contributed by atoms with E-state index in [-0.39, 0.29) is 17.6 Å². The van der Waals surface area contributed by atoms with Gasteiger partial charge in [0.05, 0.1) is 18.0 Å². The van der Waals surface area contributed by atoms with Crippen LogP contribution in [0.2, 0.25) is 0 Å². The van der Waals surface area contributed by atoms with Crippen molar-refractivity contribution in [1.82, 2.24) is 25.0 Å². The number of carbonyl (C=O) groups excluding carboxylic acids is 2. The van der Waals surface area contributed by atoms with Gasteiger partial charge in [0.1, 0.15) is 6.33 Å². The molecule has 2 amide bonds. The van der Waals surface area contributed by atoms with Crippen LogP contribution in [-0.2, 0) is 22.6 Å². The molecular weight excluding hydrogens is 424 g/mol. The number of hydrogen-bond acceptors (Lipinski definition) is 6. The van der Waals surface area contributed by atoms with Crippen LogP contribution in [0.5, 0.6) is 0 Å². The highest BCUT2D eigenvalue weighted by molar-refractivity contribution is 7.99. The Morgan fingerprint density at radius 2 is 1.91 bits per heavy atom. The number of likely N-dealkylation sites (N-methyl/N-ethyl adjacent to an activating group) is 1. The number of amides is 2. The Labute approximate surface area is 192 Å². The van der Waals surface area contributed by atoms with Crippen LogP contribution in [0.1, 0.15) is 18.1 Å². The minimum absolute atomic E-state index is 0.0821. The number of nitrogens with one attached hydrogen (secondary N) is 2. The monoisotopic (exact) mass is 452 g/mol. The van der Waals surface area contributed by atoms with Crippen molar-refractivity contribution in [3.63, 3.8) is 0 Å². The second kappa shape index (κ2) is 11.4. The van der Waals surface area contributed by atoms with Crippen LogP contribution in [-0.4, -0.2) is 57.9 Å². The molecule has 2 N–H and O–H groups in total. The van der Waals surface area contributed by atoms with Crippen molar-refractivity contribution in [1.29, 1.82) is 0 Å². The first kappa shape index (κ1) is 23.5. The average molecular weight is 453 g/mol. The molecule has 32 heavy (non-hydrogen) atoms. The van der Waals surface area contributed by atoms with Gasteiger partial charge in [-0.25, -0.2) is 0 Å². The summed E-state index contributed by atoms with van der Waals surface area (Å²) >= 11 is 1.34. The summed E-state index contributed by atoms with van der Waals surface area (Å²) in [5, 5.41) is 14.6. The summed E-state index contributed by atoms with van der Waals surface area (Å²) in [5.41, 5.74) is 3.83. The van der Waals surface area contributed by atoms with Gasteiger partial charge >= 0.3 is 0 Å². The van der Waals surface area contributed by atoms with Crippen molar-refractivity contribution in [2.24, 2.45) is 0 Å². The second-order valence-corrected chi connectivity index (χ2v) is 8.46. The summed E-state index contributed by atoms with van der Waals surface area (Å²) < 4.78 is 1.91. The maximum atomic E-state index is 12.4. The van der Waals surface area contributed by atoms with E-state index in [0.717, 1.165) is 17.7 Å². The van der Waals surface area contributed by atoms with Gasteiger partial charge in [-0.1, -0.05) is 49.0 Å². The van der Waals surface area contributed by atoms with Gasteiger partial charge in [0, 0.05) is 12.2 Å². The Bertz CT molecular complexity index is 1070. The minimum atomic E-state index is -0.102. The van der Waals surface area contributed by atoms with Gasteiger partial charge in [0.25, 0.3) is 0 Å². The molecule has 0 saturated heterocycles. The molecule has 1 heterocycles. The smallest absolute Gasteiger partial charge is 0.238 e. The van der Waals surface area contributed by atoms with Gasteiger partial charge < -0.3 is 15.5 Å². The predicted octanol–water partition coefficient (Wildman–Crippen LogP) is 2.74. The molecule has 3 aromatic rings. The first-order valence-corrected chi connectivity index (χ1v) is 11.4. The zero-order valence-corrected chi connectivity index (χ0v) is 19.4. The molecule has 0 aliphatic heterocycles. The summed E-state index contributed by atoms with van der Waals surface area (Å²) in [4.78, 5) is 26.1. The molecule has 0 bridgehead atoms. The van der Waals surface area contributed by atoms with Crippen molar-refractivity contribution >= 4 is 29.3 Å². The summed E-state index contributed by atoms with van der Waals surface area (Å²) in [6.45, 7) is 2.79.